The largest absolute Gasteiger partial charge is 0.336 e. The Bertz CT molecular complexity index is 604. The van der Waals surface area contributed by atoms with Crippen LogP contribution in [0.1, 0.15) is 12.8 Å². The molecule has 1 aromatic heterocycles. The van der Waals surface area contributed by atoms with Crippen molar-refractivity contribution in [2.75, 3.05) is 23.3 Å². The highest BCUT2D eigenvalue weighted by molar-refractivity contribution is 5.89. The zero-order chi connectivity index (χ0) is 15.2. The third-order valence-electron chi connectivity index (χ3n) is 3.72. The summed E-state index contributed by atoms with van der Waals surface area (Å²) in [6.07, 6.45) is 5.61. The average Bonchev–Trinajstić information content (AvgIpc) is 3.03. The van der Waals surface area contributed by atoms with Crippen LogP contribution in [-0.4, -0.2) is 35.1 Å². The van der Waals surface area contributed by atoms with Crippen molar-refractivity contribution in [1.29, 1.82) is 0 Å². The zero-order valence-corrected chi connectivity index (χ0v) is 12.3. The molecule has 0 aliphatic carbocycles. The Morgan fingerprint density at radius 3 is 2.73 bits per heavy atom. The Morgan fingerprint density at radius 2 is 1.95 bits per heavy atom. The lowest BCUT2D eigenvalue weighted by molar-refractivity contribution is 0.251. The molecule has 0 bridgehead atoms. The zero-order valence-electron chi connectivity index (χ0n) is 12.3. The number of hydrogen-bond donors (Lipinski definition) is 2. The van der Waals surface area contributed by atoms with Gasteiger partial charge in [0.05, 0.1) is 0 Å². The molecule has 0 unspecified atom stereocenters. The van der Waals surface area contributed by atoms with Crippen molar-refractivity contribution in [3.63, 3.8) is 0 Å². The Kier molecular flexibility index (Phi) is 4.48. The van der Waals surface area contributed by atoms with Crippen molar-refractivity contribution < 1.29 is 4.79 Å². The number of benzene rings is 1. The summed E-state index contributed by atoms with van der Waals surface area (Å²) in [5, 5.41) is 5.75. The SMILES string of the molecule is O=C(NC[C@@H]1CCCN1c1ncccn1)Nc1ccccc1. The molecule has 6 nitrogen and oxygen atoms in total. The number of hydrogen-bond acceptors (Lipinski definition) is 4. The van der Waals surface area contributed by atoms with Gasteiger partial charge < -0.3 is 15.5 Å². The van der Waals surface area contributed by atoms with Gasteiger partial charge in [0.25, 0.3) is 0 Å². The summed E-state index contributed by atoms with van der Waals surface area (Å²) in [6, 6.07) is 11.3. The van der Waals surface area contributed by atoms with Crippen LogP contribution in [0.15, 0.2) is 48.8 Å². The predicted octanol–water partition coefficient (Wildman–Crippen LogP) is 2.27. The molecule has 1 aliphatic heterocycles. The highest BCUT2D eigenvalue weighted by Crippen LogP contribution is 2.21. The number of nitrogens with zero attached hydrogens (tertiary/aromatic N) is 3. The van der Waals surface area contributed by atoms with Gasteiger partial charge in [0.15, 0.2) is 0 Å². The first-order chi connectivity index (χ1) is 10.8. The monoisotopic (exact) mass is 297 g/mol. The van der Waals surface area contributed by atoms with Gasteiger partial charge in [0.2, 0.25) is 5.95 Å². The van der Waals surface area contributed by atoms with Gasteiger partial charge in [-0.3, -0.25) is 0 Å². The third-order valence-corrected chi connectivity index (χ3v) is 3.72. The average molecular weight is 297 g/mol. The van der Waals surface area contributed by atoms with E-state index in [2.05, 4.69) is 25.5 Å². The highest BCUT2D eigenvalue weighted by atomic mass is 16.2. The molecule has 0 radical (unpaired) electrons. The third kappa shape index (κ3) is 3.52. The Morgan fingerprint density at radius 1 is 1.18 bits per heavy atom. The summed E-state index contributed by atoms with van der Waals surface area (Å²) < 4.78 is 0. The van der Waals surface area contributed by atoms with Gasteiger partial charge in [-0.2, -0.15) is 0 Å². The molecule has 0 spiro atoms. The number of amides is 2. The maximum absolute atomic E-state index is 11.9. The van der Waals surface area contributed by atoms with Crippen molar-refractivity contribution >= 4 is 17.7 Å². The first-order valence-corrected chi connectivity index (χ1v) is 7.46. The van der Waals surface area contributed by atoms with E-state index in [-0.39, 0.29) is 12.1 Å². The van der Waals surface area contributed by atoms with Crippen molar-refractivity contribution in [2.45, 2.75) is 18.9 Å². The second-order valence-corrected chi connectivity index (χ2v) is 5.24. The molecule has 1 atom stereocenters. The molecular weight excluding hydrogens is 278 g/mol. The Balaban J connectivity index is 1.53. The summed E-state index contributed by atoms with van der Waals surface area (Å²) in [7, 11) is 0. The summed E-state index contributed by atoms with van der Waals surface area (Å²) in [4.78, 5) is 22.7. The normalized spacial score (nSPS) is 17.3. The first-order valence-electron chi connectivity index (χ1n) is 7.46. The number of anilines is 2. The van der Waals surface area contributed by atoms with Crippen molar-refractivity contribution in [3.8, 4) is 0 Å². The van der Waals surface area contributed by atoms with Gasteiger partial charge in [-0.05, 0) is 31.0 Å². The number of carbonyl (C=O) groups excluding carboxylic acids is 1. The lowest BCUT2D eigenvalue weighted by Crippen LogP contribution is -2.42. The van der Waals surface area contributed by atoms with Gasteiger partial charge in [-0.1, -0.05) is 18.2 Å². The number of para-hydroxylation sites is 1. The van der Waals surface area contributed by atoms with Gasteiger partial charge in [0.1, 0.15) is 0 Å². The summed E-state index contributed by atoms with van der Waals surface area (Å²) in [6.45, 7) is 1.51. The number of carbonyl (C=O) groups is 1. The number of aromatic nitrogens is 2. The van der Waals surface area contributed by atoms with E-state index in [1.807, 2.05) is 30.3 Å². The fourth-order valence-electron chi connectivity index (χ4n) is 2.66. The molecule has 2 amide bonds. The van der Waals surface area contributed by atoms with E-state index in [1.165, 1.54) is 0 Å². The highest BCUT2D eigenvalue weighted by Gasteiger charge is 2.26. The molecule has 1 fully saturated rings. The maximum atomic E-state index is 11.9. The minimum Gasteiger partial charge on any atom is -0.336 e. The minimum atomic E-state index is -0.188. The fraction of sp³-hybridized carbons (Fsp3) is 0.312. The van der Waals surface area contributed by atoms with Gasteiger partial charge in [-0.15, -0.1) is 0 Å². The molecule has 2 aromatic rings. The molecule has 3 rings (SSSR count). The molecule has 1 aromatic carbocycles. The quantitative estimate of drug-likeness (QED) is 0.908. The molecule has 0 saturated carbocycles. The Labute approximate surface area is 129 Å². The second kappa shape index (κ2) is 6.89. The van der Waals surface area contributed by atoms with Crippen molar-refractivity contribution in [2.24, 2.45) is 0 Å². The number of rotatable bonds is 4. The first kappa shape index (κ1) is 14.3. The van der Waals surface area contributed by atoms with E-state index < -0.39 is 0 Å². The van der Waals surface area contributed by atoms with E-state index in [4.69, 9.17) is 0 Å². The molecule has 2 N–H and O–H groups in total. The van der Waals surface area contributed by atoms with E-state index in [0.717, 1.165) is 31.0 Å². The maximum Gasteiger partial charge on any atom is 0.319 e. The molecule has 1 saturated heterocycles. The van der Waals surface area contributed by atoms with Crippen LogP contribution in [0, 0.1) is 0 Å². The molecular formula is C16H19N5O. The smallest absolute Gasteiger partial charge is 0.319 e. The summed E-state index contributed by atoms with van der Waals surface area (Å²) >= 11 is 0. The van der Waals surface area contributed by atoms with Crippen LogP contribution < -0.4 is 15.5 Å². The van der Waals surface area contributed by atoms with Crippen LogP contribution in [-0.2, 0) is 0 Å². The summed E-state index contributed by atoms with van der Waals surface area (Å²) in [5.74, 6) is 0.732. The topological polar surface area (TPSA) is 70.2 Å². The van der Waals surface area contributed by atoms with E-state index in [1.54, 1.807) is 18.5 Å². The molecule has 114 valence electrons. The number of nitrogens with one attached hydrogen (secondary N) is 2. The number of urea groups is 1. The van der Waals surface area contributed by atoms with Crippen LogP contribution in [0.5, 0.6) is 0 Å². The van der Waals surface area contributed by atoms with Crippen molar-refractivity contribution in [3.05, 3.63) is 48.8 Å². The molecule has 2 heterocycles. The van der Waals surface area contributed by atoms with Gasteiger partial charge in [-0.25, -0.2) is 14.8 Å². The van der Waals surface area contributed by atoms with Crippen LogP contribution in [0.3, 0.4) is 0 Å². The van der Waals surface area contributed by atoms with Gasteiger partial charge >= 0.3 is 6.03 Å². The standard InChI is InChI=1S/C16H19N5O/c22-16(20-13-6-2-1-3-7-13)19-12-14-8-4-11-21(14)15-17-9-5-10-18-15/h1-3,5-7,9-10,14H,4,8,11-12H2,(H2,19,20,22)/t14-/m0/s1. The fourth-order valence-corrected chi connectivity index (χ4v) is 2.66. The van der Waals surface area contributed by atoms with Crippen molar-refractivity contribution in [1.82, 2.24) is 15.3 Å². The van der Waals surface area contributed by atoms with Crippen LogP contribution in [0.25, 0.3) is 0 Å². The van der Waals surface area contributed by atoms with Crippen LogP contribution in [0.4, 0.5) is 16.4 Å². The minimum absolute atomic E-state index is 0.188. The lowest BCUT2D eigenvalue weighted by Gasteiger charge is -2.24. The van der Waals surface area contributed by atoms with E-state index in [9.17, 15) is 4.79 Å². The second-order valence-electron chi connectivity index (χ2n) is 5.24. The Hall–Kier alpha value is -2.63. The molecule has 1 aliphatic rings. The molecule has 6 heteroatoms. The van der Waals surface area contributed by atoms with Crippen LogP contribution in [0.2, 0.25) is 0 Å². The molecule has 22 heavy (non-hydrogen) atoms. The summed E-state index contributed by atoms with van der Waals surface area (Å²) in [5.41, 5.74) is 0.787. The predicted molar refractivity (Wildman–Crippen MR) is 85.9 cm³/mol. The lowest BCUT2D eigenvalue weighted by atomic mass is 10.2. The van der Waals surface area contributed by atoms with E-state index in [0.29, 0.717) is 6.54 Å². The van der Waals surface area contributed by atoms with Gasteiger partial charge in [0, 0.05) is 37.2 Å². The van der Waals surface area contributed by atoms with E-state index >= 15 is 0 Å². The van der Waals surface area contributed by atoms with Crippen LogP contribution >= 0.6 is 0 Å².